The maximum Gasteiger partial charge on any atom is 0.321 e. The Bertz CT molecular complexity index is 634. The fraction of sp³-hybridized carbons (Fsp3) is 0.533. The minimum atomic E-state index is -3.75. The summed E-state index contributed by atoms with van der Waals surface area (Å²) < 4.78 is 32.0. The number of hydrogen-bond donors (Lipinski definition) is 1. The van der Waals surface area contributed by atoms with Gasteiger partial charge in [0.2, 0.25) is 10.0 Å². The molecular weight excluding hydrogens is 290 g/mol. The smallest absolute Gasteiger partial charge is 0.321 e. The first-order valence-electron chi connectivity index (χ1n) is 6.85. The van der Waals surface area contributed by atoms with Crippen molar-refractivity contribution in [2.24, 2.45) is 0 Å². The van der Waals surface area contributed by atoms with E-state index in [0.717, 1.165) is 16.7 Å². The predicted molar refractivity (Wildman–Crippen MR) is 81.9 cm³/mol. The van der Waals surface area contributed by atoms with Gasteiger partial charge in [0.05, 0.1) is 11.5 Å². The Balaban J connectivity index is 3.24. The summed E-state index contributed by atoms with van der Waals surface area (Å²) in [6.45, 7) is 10.9. The Morgan fingerprint density at radius 2 is 1.38 bits per heavy atom. The van der Waals surface area contributed by atoms with E-state index in [1.54, 1.807) is 20.8 Å². The lowest BCUT2D eigenvalue weighted by Crippen LogP contribution is -2.32. The second kappa shape index (κ2) is 6.58. The normalized spacial score (nSPS) is 11.5. The molecule has 0 aliphatic rings. The molecule has 0 amide bonds. The molecule has 0 aliphatic heterocycles. The fourth-order valence-electron chi connectivity index (χ4n) is 2.31. The highest BCUT2D eigenvalue weighted by Gasteiger charge is 2.24. The molecule has 0 aromatic heterocycles. The van der Waals surface area contributed by atoms with Crippen molar-refractivity contribution in [3.63, 3.8) is 0 Å². The molecule has 0 bridgehead atoms. The van der Waals surface area contributed by atoms with E-state index < -0.39 is 16.0 Å². The molecule has 6 heteroatoms. The minimum Gasteiger partial charge on any atom is -0.465 e. The third-order valence-corrected chi connectivity index (χ3v) is 5.59. The zero-order chi connectivity index (χ0) is 16.4. The molecule has 0 radical (unpaired) electrons. The van der Waals surface area contributed by atoms with Crippen LogP contribution in [0.15, 0.2) is 4.90 Å². The monoisotopic (exact) mass is 313 g/mol. The molecule has 1 aromatic carbocycles. The summed E-state index contributed by atoms with van der Waals surface area (Å²) in [6, 6.07) is 0. The highest BCUT2D eigenvalue weighted by atomic mass is 32.2. The van der Waals surface area contributed by atoms with Crippen molar-refractivity contribution < 1.29 is 17.9 Å². The number of hydrogen-bond acceptors (Lipinski definition) is 4. The topological polar surface area (TPSA) is 72.5 Å². The average Bonchev–Trinajstić information content (AvgIpc) is 2.41. The van der Waals surface area contributed by atoms with Crippen molar-refractivity contribution in [2.45, 2.75) is 46.4 Å². The number of carbonyl (C=O) groups is 1. The maximum atomic E-state index is 12.5. The number of sulfonamides is 1. The summed E-state index contributed by atoms with van der Waals surface area (Å²) >= 11 is 0. The van der Waals surface area contributed by atoms with E-state index in [0.29, 0.717) is 11.1 Å². The highest BCUT2D eigenvalue weighted by Crippen LogP contribution is 2.29. The van der Waals surface area contributed by atoms with E-state index in [9.17, 15) is 13.2 Å². The van der Waals surface area contributed by atoms with E-state index >= 15 is 0 Å². The fourth-order valence-corrected chi connectivity index (χ4v) is 3.87. The van der Waals surface area contributed by atoms with Gasteiger partial charge in [-0.1, -0.05) is 0 Å². The van der Waals surface area contributed by atoms with Crippen LogP contribution in [-0.4, -0.2) is 27.5 Å². The van der Waals surface area contributed by atoms with Crippen LogP contribution >= 0.6 is 0 Å². The van der Waals surface area contributed by atoms with Crippen LogP contribution in [0.2, 0.25) is 0 Å². The van der Waals surface area contributed by atoms with E-state index in [2.05, 4.69) is 4.72 Å². The van der Waals surface area contributed by atoms with Crippen LogP contribution in [0.25, 0.3) is 0 Å². The largest absolute Gasteiger partial charge is 0.465 e. The molecule has 0 saturated heterocycles. The van der Waals surface area contributed by atoms with Gasteiger partial charge >= 0.3 is 5.97 Å². The van der Waals surface area contributed by atoms with Gasteiger partial charge in [0.25, 0.3) is 0 Å². The first kappa shape index (κ1) is 17.7. The lowest BCUT2D eigenvalue weighted by molar-refractivity contribution is -0.141. The molecule has 0 saturated carbocycles. The summed E-state index contributed by atoms with van der Waals surface area (Å²) in [4.78, 5) is 11.6. The standard InChI is InChI=1S/C15H23NO4S/c1-7-20-14(17)8-16-21(18,19)15-12(5)10(3)9(2)11(4)13(15)6/h16H,7-8H2,1-6H3. The molecule has 1 N–H and O–H groups in total. The number of benzene rings is 1. The third-order valence-electron chi connectivity index (χ3n) is 3.91. The van der Waals surface area contributed by atoms with Gasteiger partial charge in [-0.05, 0) is 69.4 Å². The molecule has 21 heavy (non-hydrogen) atoms. The molecule has 0 unspecified atom stereocenters. The molecule has 118 valence electrons. The number of rotatable bonds is 5. The van der Waals surface area contributed by atoms with Crippen molar-refractivity contribution in [2.75, 3.05) is 13.2 Å². The van der Waals surface area contributed by atoms with Crippen LogP contribution in [0, 0.1) is 34.6 Å². The second-order valence-corrected chi connectivity index (χ2v) is 6.79. The highest BCUT2D eigenvalue weighted by molar-refractivity contribution is 7.89. The van der Waals surface area contributed by atoms with Gasteiger partial charge in [0, 0.05) is 0 Å². The molecule has 1 rings (SSSR count). The summed E-state index contributed by atoms with van der Waals surface area (Å²) in [5.74, 6) is -0.586. The Kier molecular flexibility index (Phi) is 5.53. The van der Waals surface area contributed by atoms with Crippen LogP contribution in [0.1, 0.15) is 34.7 Å². The van der Waals surface area contributed by atoms with Crippen LogP contribution in [0.3, 0.4) is 0 Å². The summed E-state index contributed by atoms with van der Waals surface area (Å²) in [5.41, 5.74) is 4.43. The van der Waals surface area contributed by atoms with Gasteiger partial charge < -0.3 is 4.74 Å². The van der Waals surface area contributed by atoms with Crippen LogP contribution in [-0.2, 0) is 19.6 Å². The Labute approximate surface area is 126 Å². The summed E-state index contributed by atoms with van der Waals surface area (Å²) in [7, 11) is -3.75. The van der Waals surface area contributed by atoms with Crippen molar-refractivity contribution in [3.8, 4) is 0 Å². The van der Waals surface area contributed by atoms with E-state index in [1.165, 1.54) is 0 Å². The van der Waals surface area contributed by atoms with Crippen LogP contribution in [0.4, 0.5) is 0 Å². The molecule has 1 aromatic rings. The van der Waals surface area contributed by atoms with E-state index in [-0.39, 0.29) is 18.0 Å². The lowest BCUT2D eigenvalue weighted by Gasteiger charge is -2.18. The summed E-state index contributed by atoms with van der Waals surface area (Å²) in [6.07, 6.45) is 0. The number of nitrogens with one attached hydrogen (secondary N) is 1. The zero-order valence-corrected chi connectivity index (χ0v) is 14.3. The molecule has 5 nitrogen and oxygen atoms in total. The maximum absolute atomic E-state index is 12.5. The first-order valence-corrected chi connectivity index (χ1v) is 8.34. The van der Waals surface area contributed by atoms with E-state index in [1.807, 2.05) is 20.8 Å². The van der Waals surface area contributed by atoms with Gasteiger partial charge in [-0.25, -0.2) is 8.42 Å². The lowest BCUT2D eigenvalue weighted by atomic mass is 9.95. The predicted octanol–water partition coefficient (Wildman–Crippen LogP) is 2.07. The summed E-state index contributed by atoms with van der Waals surface area (Å²) in [5, 5.41) is 0. The Morgan fingerprint density at radius 3 is 1.81 bits per heavy atom. The molecular formula is C15H23NO4S. The first-order chi connectivity index (χ1) is 9.63. The van der Waals surface area contributed by atoms with Crippen molar-refractivity contribution in [1.29, 1.82) is 0 Å². The number of esters is 1. The molecule has 0 atom stereocenters. The van der Waals surface area contributed by atoms with Crippen LogP contribution < -0.4 is 4.72 Å². The van der Waals surface area contributed by atoms with Crippen molar-refractivity contribution >= 4 is 16.0 Å². The number of ether oxygens (including phenoxy) is 1. The third kappa shape index (κ3) is 3.63. The zero-order valence-electron chi connectivity index (χ0n) is 13.5. The second-order valence-electron chi connectivity index (χ2n) is 5.08. The van der Waals surface area contributed by atoms with Gasteiger partial charge in [-0.2, -0.15) is 4.72 Å². The van der Waals surface area contributed by atoms with Gasteiger partial charge in [-0.15, -0.1) is 0 Å². The molecule has 0 fully saturated rings. The van der Waals surface area contributed by atoms with Gasteiger partial charge in [0.1, 0.15) is 6.54 Å². The minimum absolute atomic E-state index is 0.224. The van der Waals surface area contributed by atoms with Crippen LogP contribution in [0.5, 0.6) is 0 Å². The number of carbonyl (C=O) groups excluding carboxylic acids is 1. The van der Waals surface area contributed by atoms with Gasteiger partial charge in [-0.3, -0.25) is 4.79 Å². The molecule has 0 heterocycles. The molecule has 0 aliphatic carbocycles. The average molecular weight is 313 g/mol. The van der Waals surface area contributed by atoms with Crippen molar-refractivity contribution in [1.82, 2.24) is 4.72 Å². The van der Waals surface area contributed by atoms with Crippen molar-refractivity contribution in [3.05, 3.63) is 27.8 Å². The molecule has 0 spiro atoms. The van der Waals surface area contributed by atoms with Gasteiger partial charge in [0.15, 0.2) is 0 Å². The SMILES string of the molecule is CCOC(=O)CNS(=O)(=O)c1c(C)c(C)c(C)c(C)c1C. The Hall–Kier alpha value is -1.40. The van der Waals surface area contributed by atoms with E-state index in [4.69, 9.17) is 4.74 Å². The Morgan fingerprint density at radius 1 is 0.952 bits per heavy atom. The quantitative estimate of drug-likeness (QED) is 0.845.